The number of nitrogens with two attached hydrogens (primary N) is 1. The Hall–Kier alpha value is -3.12. The van der Waals surface area contributed by atoms with Gasteiger partial charge in [-0.15, -0.1) is 43.1 Å². The minimum absolute atomic E-state index is 0.312. The normalized spacial score (nSPS) is 11.0. The highest BCUT2D eigenvalue weighted by Gasteiger charge is 2.10. The topological polar surface area (TPSA) is 136 Å². The molecule has 0 aliphatic carbocycles. The van der Waals surface area contributed by atoms with Gasteiger partial charge in [-0.25, -0.2) is 0 Å². The Kier molecular flexibility index (Phi) is 6.44. The smallest absolute Gasteiger partial charge is 0.226 e. The first-order valence-corrected chi connectivity index (χ1v) is 11.3. The van der Waals surface area contributed by atoms with Crippen molar-refractivity contribution in [3.63, 3.8) is 0 Å². The van der Waals surface area contributed by atoms with E-state index in [1.54, 1.807) is 22.7 Å². The fraction of sp³-hybridized carbons (Fsp3) is 0.333. The average molecular weight is 445 g/mol. The van der Waals surface area contributed by atoms with Gasteiger partial charge in [-0.2, -0.15) is 0 Å². The first kappa shape index (κ1) is 20.2. The van der Waals surface area contributed by atoms with Crippen molar-refractivity contribution in [3.8, 4) is 0 Å². The number of aromatic nitrogens is 6. The van der Waals surface area contributed by atoms with Gasteiger partial charge in [0.2, 0.25) is 23.8 Å². The van der Waals surface area contributed by atoms with E-state index < -0.39 is 0 Å². The molecule has 0 spiro atoms. The van der Waals surface area contributed by atoms with Crippen molar-refractivity contribution in [2.75, 3.05) is 41.4 Å². The molecule has 6 N–H and O–H groups in total. The van der Waals surface area contributed by atoms with Crippen molar-refractivity contribution < 1.29 is 0 Å². The lowest BCUT2D eigenvalue weighted by Crippen LogP contribution is -2.17. The van der Waals surface area contributed by atoms with E-state index in [1.807, 2.05) is 7.05 Å². The minimum atomic E-state index is 0.312. The third-order valence-electron chi connectivity index (χ3n) is 4.39. The maximum absolute atomic E-state index is 5.52. The minimum Gasteiger partial charge on any atom is -0.368 e. The van der Waals surface area contributed by atoms with E-state index in [-0.39, 0.29) is 0 Å². The molecule has 0 unspecified atom stereocenters. The zero-order valence-electron chi connectivity index (χ0n) is 16.6. The summed E-state index contributed by atoms with van der Waals surface area (Å²) in [6, 6.07) is 6.43. The van der Waals surface area contributed by atoms with Gasteiger partial charge in [0.25, 0.3) is 0 Å². The highest BCUT2D eigenvalue weighted by molar-refractivity contribution is 7.10. The second kappa shape index (κ2) is 9.59. The fourth-order valence-corrected chi connectivity index (χ4v) is 4.58. The summed E-state index contributed by atoms with van der Waals surface area (Å²) in [6.45, 7) is 2.34. The average Bonchev–Trinajstić information content (AvgIpc) is 3.51. The van der Waals surface area contributed by atoms with Crippen LogP contribution in [0, 0.1) is 0 Å². The van der Waals surface area contributed by atoms with Crippen LogP contribution in [-0.2, 0) is 19.4 Å². The molecule has 4 aromatic rings. The lowest BCUT2D eigenvalue weighted by atomic mass is 10.2. The van der Waals surface area contributed by atoms with Crippen LogP contribution < -0.4 is 21.3 Å². The van der Waals surface area contributed by atoms with E-state index in [0.717, 1.165) is 38.4 Å². The number of nitrogens with one attached hydrogen (secondary N) is 4. The quantitative estimate of drug-likeness (QED) is 0.238. The van der Waals surface area contributed by atoms with Crippen molar-refractivity contribution >= 4 is 46.5 Å². The molecule has 0 saturated heterocycles. The van der Waals surface area contributed by atoms with Gasteiger partial charge in [0.15, 0.2) is 0 Å². The first-order valence-electron chi connectivity index (χ1n) is 9.54. The molecule has 0 aromatic carbocycles. The van der Waals surface area contributed by atoms with Crippen LogP contribution in [0.4, 0.5) is 23.8 Å². The van der Waals surface area contributed by atoms with E-state index >= 15 is 0 Å². The molecule has 4 heterocycles. The number of aromatic amines is 2. The number of anilines is 4. The Bertz CT molecular complexity index is 1040. The molecule has 4 rings (SSSR count). The molecule has 0 amide bonds. The number of nitrogens with zero attached hydrogens (tertiary/aromatic N) is 5. The Morgan fingerprint density at radius 2 is 1.80 bits per heavy atom. The number of thiophene rings is 2. The molecular formula is C18H24N10S2. The Morgan fingerprint density at radius 3 is 2.57 bits per heavy atom. The monoisotopic (exact) mass is 444 g/mol. The first-order chi connectivity index (χ1) is 14.7. The zero-order chi connectivity index (χ0) is 20.8. The van der Waals surface area contributed by atoms with E-state index in [4.69, 9.17) is 5.73 Å². The van der Waals surface area contributed by atoms with Gasteiger partial charge in [-0.05, 0) is 41.3 Å². The molecule has 4 aromatic heterocycles. The SMILES string of the molecule is CN(Cc1cc(CCNc2nnc(N)[nH]2)cs1)c1nnc(NCCc2cccs2)[nH]1. The summed E-state index contributed by atoms with van der Waals surface area (Å²) in [5, 5.41) is 26.8. The van der Waals surface area contributed by atoms with Crippen molar-refractivity contribution in [2.24, 2.45) is 0 Å². The van der Waals surface area contributed by atoms with Crippen molar-refractivity contribution in [1.82, 2.24) is 30.4 Å². The molecule has 0 aliphatic rings. The third kappa shape index (κ3) is 5.48. The van der Waals surface area contributed by atoms with Crippen molar-refractivity contribution in [1.29, 1.82) is 0 Å². The van der Waals surface area contributed by atoms with Crippen molar-refractivity contribution in [3.05, 3.63) is 44.3 Å². The van der Waals surface area contributed by atoms with Gasteiger partial charge in [-0.3, -0.25) is 9.97 Å². The second-order valence-corrected chi connectivity index (χ2v) is 8.79. The lowest BCUT2D eigenvalue weighted by molar-refractivity contribution is 0.881. The maximum Gasteiger partial charge on any atom is 0.226 e. The molecule has 0 aliphatic heterocycles. The fourth-order valence-electron chi connectivity index (χ4n) is 2.89. The predicted octanol–water partition coefficient (Wildman–Crippen LogP) is 2.57. The van der Waals surface area contributed by atoms with Gasteiger partial charge in [0, 0.05) is 29.9 Å². The second-order valence-electron chi connectivity index (χ2n) is 6.77. The van der Waals surface area contributed by atoms with Crippen LogP contribution in [0.25, 0.3) is 0 Å². The molecule has 0 atom stereocenters. The maximum atomic E-state index is 5.52. The lowest BCUT2D eigenvalue weighted by Gasteiger charge is -2.13. The Morgan fingerprint density at radius 1 is 1.00 bits per heavy atom. The number of hydrogen-bond acceptors (Lipinski definition) is 10. The predicted molar refractivity (Wildman–Crippen MR) is 122 cm³/mol. The van der Waals surface area contributed by atoms with Crippen LogP contribution in [0.5, 0.6) is 0 Å². The van der Waals surface area contributed by atoms with Gasteiger partial charge in [0.05, 0.1) is 6.54 Å². The van der Waals surface area contributed by atoms with Gasteiger partial charge in [0.1, 0.15) is 0 Å². The largest absolute Gasteiger partial charge is 0.368 e. The molecule has 0 bridgehead atoms. The summed E-state index contributed by atoms with van der Waals surface area (Å²) in [7, 11) is 2.01. The highest BCUT2D eigenvalue weighted by Crippen LogP contribution is 2.19. The summed E-state index contributed by atoms with van der Waals surface area (Å²) in [5.74, 6) is 2.34. The molecule has 0 radical (unpaired) electrons. The van der Waals surface area contributed by atoms with Crippen LogP contribution in [0.15, 0.2) is 29.0 Å². The van der Waals surface area contributed by atoms with E-state index in [0.29, 0.717) is 17.8 Å². The molecule has 30 heavy (non-hydrogen) atoms. The number of nitrogen functional groups attached to an aromatic ring is 1. The van der Waals surface area contributed by atoms with Gasteiger partial charge < -0.3 is 21.3 Å². The van der Waals surface area contributed by atoms with Gasteiger partial charge in [-0.1, -0.05) is 6.07 Å². The summed E-state index contributed by atoms with van der Waals surface area (Å²) in [5.41, 5.74) is 6.79. The van der Waals surface area contributed by atoms with E-state index in [9.17, 15) is 0 Å². The van der Waals surface area contributed by atoms with Crippen LogP contribution in [0.2, 0.25) is 0 Å². The van der Waals surface area contributed by atoms with Gasteiger partial charge >= 0.3 is 0 Å². The summed E-state index contributed by atoms with van der Waals surface area (Å²) in [4.78, 5) is 10.8. The summed E-state index contributed by atoms with van der Waals surface area (Å²) >= 11 is 3.51. The standard InChI is InChI=1S/C18H24N10S2/c1-28(18-23-17(26-27-18)21-7-5-13-3-2-8-29-13)10-14-9-12(11-30-14)4-6-20-16-22-15(19)24-25-16/h2-3,8-9,11H,4-7,10H2,1H3,(H2,21,23,26,27)(H4,19,20,22,24,25). The molecule has 0 fully saturated rings. The van der Waals surface area contributed by atoms with E-state index in [2.05, 4.69) is 74.9 Å². The van der Waals surface area contributed by atoms with Crippen LogP contribution in [0.1, 0.15) is 15.3 Å². The number of rotatable bonds is 11. The molecule has 0 saturated carbocycles. The van der Waals surface area contributed by atoms with Crippen LogP contribution >= 0.6 is 22.7 Å². The van der Waals surface area contributed by atoms with E-state index in [1.165, 1.54) is 15.3 Å². The zero-order valence-corrected chi connectivity index (χ0v) is 18.2. The van der Waals surface area contributed by atoms with Crippen molar-refractivity contribution in [2.45, 2.75) is 19.4 Å². The number of H-pyrrole nitrogens is 2. The molecule has 10 nitrogen and oxygen atoms in total. The summed E-state index contributed by atoms with van der Waals surface area (Å²) in [6.07, 6.45) is 1.86. The van der Waals surface area contributed by atoms with Crippen LogP contribution in [0.3, 0.4) is 0 Å². The molecule has 12 heteroatoms. The molecular weight excluding hydrogens is 420 g/mol. The molecule has 158 valence electrons. The third-order valence-corrected chi connectivity index (χ3v) is 6.30. The Balaban J connectivity index is 1.22. The summed E-state index contributed by atoms with van der Waals surface area (Å²) < 4.78 is 0. The number of hydrogen-bond donors (Lipinski definition) is 5. The van der Waals surface area contributed by atoms with Crippen LogP contribution in [-0.4, -0.2) is 50.5 Å². The Labute approximate surface area is 182 Å². The highest BCUT2D eigenvalue weighted by atomic mass is 32.1.